The fourth-order valence-electron chi connectivity index (χ4n) is 3.90. The number of rotatable bonds is 4. The molecule has 3 rings (SSSR count). The molecular weight excluding hydrogens is 226 g/mol. The fraction of sp³-hybridized carbons (Fsp3) is 0.733. The molecule has 1 N–H and O–H groups in total. The maximum absolute atomic E-state index is 3.75. The molecule has 17 heavy (non-hydrogen) atoms. The summed E-state index contributed by atoms with van der Waals surface area (Å²) in [6.45, 7) is 5.65. The quantitative estimate of drug-likeness (QED) is 0.851. The molecule has 0 radical (unpaired) electrons. The highest BCUT2D eigenvalue weighted by Crippen LogP contribution is 2.49. The Morgan fingerprint density at radius 2 is 2.24 bits per heavy atom. The highest BCUT2D eigenvalue weighted by molar-refractivity contribution is 7.11. The first-order valence-corrected chi connectivity index (χ1v) is 7.82. The summed E-state index contributed by atoms with van der Waals surface area (Å²) < 4.78 is 0. The van der Waals surface area contributed by atoms with Crippen molar-refractivity contribution in [1.29, 1.82) is 0 Å². The molecule has 2 saturated carbocycles. The van der Waals surface area contributed by atoms with Crippen LogP contribution < -0.4 is 5.32 Å². The van der Waals surface area contributed by atoms with Gasteiger partial charge >= 0.3 is 0 Å². The zero-order valence-electron chi connectivity index (χ0n) is 10.9. The molecule has 2 bridgehead atoms. The Morgan fingerprint density at radius 3 is 2.82 bits per heavy atom. The molecule has 4 unspecified atom stereocenters. The van der Waals surface area contributed by atoms with E-state index in [9.17, 15) is 0 Å². The SMILES string of the molecule is Cc1ccc(CNC(C)C2CC3CCC2C3)s1. The van der Waals surface area contributed by atoms with E-state index in [0.29, 0.717) is 6.04 Å². The van der Waals surface area contributed by atoms with E-state index < -0.39 is 0 Å². The van der Waals surface area contributed by atoms with Crippen molar-refractivity contribution in [2.75, 3.05) is 0 Å². The Morgan fingerprint density at radius 1 is 1.35 bits per heavy atom. The van der Waals surface area contributed by atoms with Gasteiger partial charge in [-0.2, -0.15) is 0 Å². The predicted molar refractivity (Wildman–Crippen MR) is 74.3 cm³/mol. The van der Waals surface area contributed by atoms with Crippen LogP contribution in [0.15, 0.2) is 12.1 Å². The minimum atomic E-state index is 0.702. The third kappa shape index (κ3) is 2.43. The second kappa shape index (κ2) is 4.74. The summed E-state index contributed by atoms with van der Waals surface area (Å²) in [5.41, 5.74) is 0. The van der Waals surface area contributed by atoms with Crippen molar-refractivity contribution in [3.63, 3.8) is 0 Å². The Labute approximate surface area is 109 Å². The number of aryl methyl sites for hydroxylation is 1. The van der Waals surface area contributed by atoms with Crippen molar-refractivity contribution >= 4 is 11.3 Å². The highest BCUT2D eigenvalue weighted by Gasteiger charge is 2.41. The highest BCUT2D eigenvalue weighted by atomic mass is 32.1. The minimum Gasteiger partial charge on any atom is -0.309 e. The summed E-state index contributed by atoms with van der Waals surface area (Å²) in [5.74, 6) is 3.06. The van der Waals surface area contributed by atoms with E-state index in [4.69, 9.17) is 0 Å². The van der Waals surface area contributed by atoms with E-state index in [-0.39, 0.29) is 0 Å². The average molecular weight is 249 g/mol. The maximum Gasteiger partial charge on any atom is 0.0302 e. The number of nitrogens with one attached hydrogen (secondary N) is 1. The number of hydrogen-bond donors (Lipinski definition) is 1. The zero-order chi connectivity index (χ0) is 11.8. The van der Waals surface area contributed by atoms with Crippen molar-refractivity contribution in [3.8, 4) is 0 Å². The molecule has 2 fully saturated rings. The summed E-state index contributed by atoms with van der Waals surface area (Å²) >= 11 is 1.93. The number of thiophene rings is 1. The smallest absolute Gasteiger partial charge is 0.0302 e. The predicted octanol–water partition coefficient (Wildman–Crippen LogP) is 3.97. The van der Waals surface area contributed by atoms with E-state index in [1.807, 2.05) is 11.3 Å². The number of fused-ring (bicyclic) bond motifs is 2. The normalized spacial score (nSPS) is 33.2. The standard InChI is InChI=1S/C15H23NS/c1-10-3-6-14(17-10)9-16-11(2)15-8-12-4-5-13(15)7-12/h3,6,11-13,15-16H,4-5,7-9H2,1-2H3. The fourth-order valence-corrected chi connectivity index (χ4v) is 4.74. The first-order chi connectivity index (χ1) is 8.22. The second-order valence-electron chi connectivity index (χ2n) is 6.02. The van der Waals surface area contributed by atoms with Crippen LogP contribution in [0, 0.1) is 24.7 Å². The summed E-state index contributed by atoms with van der Waals surface area (Å²) in [6.07, 6.45) is 6.02. The van der Waals surface area contributed by atoms with Gasteiger partial charge in [-0.25, -0.2) is 0 Å². The van der Waals surface area contributed by atoms with Crippen LogP contribution in [0.25, 0.3) is 0 Å². The Balaban J connectivity index is 1.52. The molecule has 0 saturated heterocycles. The van der Waals surface area contributed by atoms with Crippen molar-refractivity contribution in [2.24, 2.45) is 17.8 Å². The van der Waals surface area contributed by atoms with Crippen LogP contribution in [0.3, 0.4) is 0 Å². The summed E-state index contributed by atoms with van der Waals surface area (Å²) in [6, 6.07) is 5.19. The maximum atomic E-state index is 3.75. The van der Waals surface area contributed by atoms with Crippen molar-refractivity contribution in [2.45, 2.75) is 52.1 Å². The molecule has 2 heteroatoms. The lowest BCUT2D eigenvalue weighted by atomic mass is 9.84. The molecule has 0 spiro atoms. The van der Waals surface area contributed by atoms with Gasteiger partial charge in [0.25, 0.3) is 0 Å². The van der Waals surface area contributed by atoms with Crippen LogP contribution in [0.5, 0.6) is 0 Å². The van der Waals surface area contributed by atoms with Crippen LogP contribution in [-0.2, 0) is 6.54 Å². The van der Waals surface area contributed by atoms with Crippen LogP contribution >= 0.6 is 11.3 Å². The van der Waals surface area contributed by atoms with E-state index in [2.05, 4.69) is 31.3 Å². The van der Waals surface area contributed by atoms with Crippen LogP contribution in [0.4, 0.5) is 0 Å². The van der Waals surface area contributed by atoms with E-state index in [1.165, 1.54) is 35.4 Å². The zero-order valence-corrected chi connectivity index (χ0v) is 11.7. The lowest BCUT2D eigenvalue weighted by Gasteiger charge is -2.28. The topological polar surface area (TPSA) is 12.0 Å². The minimum absolute atomic E-state index is 0.702. The Hall–Kier alpha value is -0.340. The lowest BCUT2D eigenvalue weighted by molar-refractivity contribution is 0.260. The molecule has 1 heterocycles. The van der Waals surface area contributed by atoms with Gasteiger partial charge in [0.1, 0.15) is 0 Å². The van der Waals surface area contributed by atoms with Gasteiger partial charge in [0.2, 0.25) is 0 Å². The summed E-state index contributed by atoms with van der Waals surface area (Å²) in [4.78, 5) is 2.91. The van der Waals surface area contributed by atoms with Gasteiger partial charge < -0.3 is 5.32 Å². The van der Waals surface area contributed by atoms with Gasteiger partial charge in [-0.05, 0) is 63.0 Å². The monoisotopic (exact) mass is 249 g/mol. The van der Waals surface area contributed by atoms with Crippen LogP contribution in [-0.4, -0.2) is 6.04 Å². The summed E-state index contributed by atoms with van der Waals surface area (Å²) in [7, 11) is 0. The molecule has 2 aliphatic rings. The first-order valence-electron chi connectivity index (χ1n) is 7.01. The van der Waals surface area contributed by atoms with E-state index >= 15 is 0 Å². The second-order valence-corrected chi connectivity index (χ2v) is 7.39. The van der Waals surface area contributed by atoms with Gasteiger partial charge in [-0.3, -0.25) is 0 Å². The third-order valence-electron chi connectivity index (χ3n) is 4.83. The van der Waals surface area contributed by atoms with Crippen molar-refractivity contribution < 1.29 is 0 Å². The van der Waals surface area contributed by atoms with Gasteiger partial charge in [-0.1, -0.05) is 6.42 Å². The third-order valence-corrected chi connectivity index (χ3v) is 5.83. The molecular formula is C15H23NS. The Bertz CT molecular complexity index is 384. The van der Waals surface area contributed by atoms with Crippen LogP contribution in [0.1, 0.15) is 42.4 Å². The van der Waals surface area contributed by atoms with Crippen LogP contribution in [0.2, 0.25) is 0 Å². The first kappa shape index (κ1) is 11.7. The van der Waals surface area contributed by atoms with E-state index in [0.717, 1.165) is 24.3 Å². The molecule has 1 nitrogen and oxygen atoms in total. The van der Waals surface area contributed by atoms with E-state index in [1.54, 1.807) is 0 Å². The van der Waals surface area contributed by atoms with Gasteiger partial charge in [0.05, 0.1) is 0 Å². The molecule has 94 valence electrons. The van der Waals surface area contributed by atoms with Crippen molar-refractivity contribution in [1.82, 2.24) is 5.32 Å². The largest absolute Gasteiger partial charge is 0.309 e. The van der Waals surface area contributed by atoms with Gasteiger partial charge in [0.15, 0.2) is 0 Å². The van der Waals surface area contributed by atoms with Gasteiger partial charge in [-0.15, -0.1) is 11.3 Å². The molecule has 0 amide bonds. The summed E-state index contributed by atoms with van der Waals surface area (Å²) in [5, 5.41) is 3.75. The molecule has 1 aromatic heterocycles. The van der Waals surface area contributed by atoms with Crippen molar-refractivity contribution in [3.05, 3.63) is 21.9 Å². The molecule has 1 aromatic rings. The lowest BCUT2D eigenvalue weighted by Crippen LogP contribution is -2.35. The van der Waals surface area contributed by atoms with Gasteiger partial charge in [0, 0.05) is 22.3 Å². The molecule has 4 atom stereocenters. The average Bonchev–Trinajstić information content (AvgIpc) is 3.01. The molecule has 2 aliphatic carbocycles. The molecule has 0 aliphatic heterocycles. The Kier molecular flexibility index (Phi) is 3.27. The number of hydrogen-bond acceptors (Lipinski definition) is 2. The molecule has 0 aromatic carbocycles.